The van der Waals surface area contributed by atoms with Crippen molar-refractivity contribution in [3.05, 3.63) is 5.01 Å². The number of halogens is 3. The lowest BCUT2D eigenvalue weighted by Crippen LogP contribution is -2.20. The molecule has 1 aliphatic heterocycles. The third kappa shape index (κ3) is 2.00. The Labute approximate surface area is 101 Å². The van der Waals surface area contributed by atoms with Crippen LogP contribution in [-0.4, -0.2) is 23.3 Å². The predicted molar refractivity (Wildman–Crippen MR) is 58.0 cm³/mol. The Balaban J connectivity index is 1.75. The SMILES string of the molecule is FC(F)(F)c1nnc(N2CC3CCCC3C2)s1. The highest BCUT2D eigenvalue weighted by Crippen LogP contribution is 2.41. The normalized spacial score (nSPS) is 28.8. The van der Waals surface area contributed by atoms with Crippen LogP contribution in [0.3, 0.4) is 0 Å². The van der Waals surface area contributed by atoms with Crippen LogP contribution in [-0.2, 0) is 6.18 Å². The first-order chi connectivity index (χ1) is 8.04. The van der Waals surface area contributed by atoms with E-state index in [1.165, 1.54) is 19.3 Å². The molecule has 2 heterocycles. The number of fused-ring (bicyclic) bond motifs is 1. The van der Waals surface area contributed by atoms with Crippen LogP contribution in [0.25, 0.3) is 0 Å². The topological polar surface area (TPSA) is 29.0 Å². The summed E-state index contributed by atoms with van der Waals surface area (Å²) >= 11 is 0.654. The molecule has 0 N–H and O–H groups in total. The molecule has 17 heavy (non-hydrogen) atoms. The van der Waals surface area contributed by atoms with Crippen molar-refractivity contribution in [2.45, 2.75) is 25.4 Å². The van der Waals surface area contributed by atoms with E-state index in [1.807, 2.05) is 4.90 Å². The number of hydrogen-bond donors (Lipinski definition) is 0. The lowest BCUT2D eigenvalue weighted by molar-refractivity contribution is -0.138. The Morgan fingerprint density at radius 1 is 1.12 bits per heavy atom. The molecule has 1 aromatic rings. The largest absolute Gasteiger partial charge is 0.445 e. The van der Waals surface area contributed by atoms with Crippen LogP contribution >= 0.6 is 11.3 Å². The van der Waals surface area contributed by atoms with Gasteiger partial charge in [0.15, 0.2) is 0 Å². The molecule has 1 aliphatic carbocycles. The lowest BCUT2D eigenvalue weighted by atomic mass is 10.0. The highest BCUT2D eigenvalue weighted by molar-refractivity contribution is 7.15. The molecule has 1 saturated carbocycles. The van der Waals surface area contributed by atoms with Crippen LogP contribution < -0.4 is 4.90 Å². The summed E-state index contributed by atoms with van der Waals surface area (Å²) in [5.41, 5.74) is 0. The van der Waals surface area contributed by atoms with Gasteiger partial charge in [0.05, 0.1) is 0 Å². The number of nitrogens with zero attached hydrogens (tertiary/aromatic N) is 3. The second kappa shape index (κ2) is 3.83. The summed E-state index contributed by atoms with van der Waals surface area (Å²) in [5, 5.41) is 6.47. The minimum atomic E-state index is -4.37. The van der Waals surface area contributed by atoms with Crippen molar-refractivity contribution in [2.75, 3.05) is 18.0 Å². The van der Waals surface area contributed by atoms with Gasteiger partial charge < -0.3 is 4.90 Å². The molecule has 3 nitrogen and oxygen atoms in total. The fraction of sp³-hybridized carbons (Fsp3) is 0.800. The molecule has 0 aromatic carbocycles. The summed E-state index contributed by atoms with van der Waals surface area (Å²) < 4.78 is 37.2. The Morgan fingerprint density at radius 2 is 1.76 bits per heavy atom. The number of hydrogen-bond acceptors (Lipinski definition) is 4. The second-order valence-corrected chi connectivity index (χ2v) is 5.70. The minimum absolute atomic E-state index is 0.423. The van der Waals surface area contributed by atoms with E-state index >= 15 is 0 Å². The summed E-state index contributed by atoms with van der Waals surface area (Å²) in [4.78, 5) is 1.96. The van der Waals surface area contributed by atoms with Crippen molar-refractivity contribution in [1.82, 2.24) is 10.2 Å². The number of alkyl halides is 3. The molecule has 7 heteroatoms. The van der Waals surface area contributed by atoms with Crippen molar-refractivity contribution < 1.29 is 13.2 Å². The lowest BCUT2D eigenvalue weighted by Gasteiger charge is -2.14. The second-order valence-electron chi connectivity index (χ2n) is 4.74. The van der Waals surface area contributed by atoms with Crippen LogP contribution in [0.15, 0.2) is 0 Å². The van der Waals surface area contributed by atoms with E-state index < -0.39 is 11.2 Å². The van der Waals surface area contributed by atoms with Crippen molar-refractivity contribution in [3.63, 3.8) is 0 Å². The van der Waals surface area contributed by atoms with Gasteiger partial charge in [-0.2, -0.15) is 13.2 Å². The monoisotopic (exact) mass is 263 g/mol. The molecule has 0 spiro atoms. The van der Waals surface area contributed by atoms with E-state index in [0.717, 1.165) is 13.1 Å². The zero-order valence-electron chi connectivity index (χ0n) is 9.07. The Bertz CT molecular complexity index is 405. The van der Waals surface area contributed by atoms with E-state index in [4.69, 9.17) is 0 Å². The first kappa shape index (κ1) is 11.3. The van der Waals surface area contributed by atoms with Crippen molar-refractivity contribution in [1.29, 1.82) is 0 Å². The molecule has 0 amide bonds. The average molecular weight is 263 g/mol. The smallest absolute Gasteiger partial charge is 0.346 e. The third-order valence-corrected chi connectivity index (χ3v) is 4.68. The van der Waals surface area contributed by atoms with Crippen molar-refractivity contribution in [2.24, 2.45) is 11.8 Å². The zero-order chi connectivity index (χ0) is 12.0. The molecule has 2 aliphatic rings. The molecule has 0 bridgehead atoms. The van der Waals surface area contributed by atoms with Crippen LogP contribution in [0.4, 0.5) is 18.3 Å². The van der Waals surface area contributed by atoms with Gasteiger partial charge in [-0.3, -0.25) is 0 Å². The van der Waals surface area contributed by atoms with Gasteiger partial charge in [0.1, 0.15) is 0 Å². The standard InChI is InChI=1S/C10H12F3N3S/c11-10(12,13)8-14-15-9(17-8)16-4-6-2-1-3-7(6)5-16/h6-7H,1-5H2. The van der Waals surface area contributed by atoms with Gasteiger partial charge in [0.2, 0.25) is 10.1 Å². The molecular weight excluding hydrogens is 251 g/mol. The van der Waals surface area contributed by atoms with E-state index in [0.29, 0.717) is 28.3 Å². The molecule has 1 saturated heterocycles. The maximum atomic E-state index is 12.4. The van der Waals surface area contributed by atoms with Crippen molar-refractivity contribution in [3.8, 4) is 0 Å². The summed E-state index contributed by atoms with van der Waals surface area (Å²) in [6.45, 7) is 1.69. The van der Waals surface area contributed by atoms with E-state index in [2.05, 4.69) is 10.2 Å². The molecule has 2 fully saturated rings. The zero-order valence-corrected chi connectivity index (χ0v) is 9.89. The van der Waals surface area contributed by atoms with Gasteiger partial charge in [-0.15, -0.1) is 10.2 Å². The van der Waals surface area contributed by atoms with E-state index in [1.54, 1.807) is 0 Å². The fourth-order valence-electron chi connectivity index (χ4n) is 2.85. The molecule has 2 unspecified atom stereocenters. The Morgan fingerprint density at radius 3 is 2.29 bits per heavy atom. The van der Waals surface area contributed by atoms with Crippen LogP contribution in [0.5, 0.6) is 0 Å². The Kier molecular flexibility index (Phi) is 2.53. The summed E-state index contributed by atoms with van der Waals surface area (Å²) in [6.07, 6.45) is -0.712. The van der Waals surface area contributed by atoms with Gasteiger partial charge in [-0.05, 0) is 24.7 Å². The first-order valence-electron chi connectivity index (χ1n) is 5.69. The summed E-state index contributed by atoms with van der Waals surface area (Å²) in [7, 11) is 0. The van der Waals surface area contributed by atoms with Gasteiger partial charge >= 0.3 is 6.18 Å². The van der Waals surface area contributed by atoms with Crippen LogP contribution in [0.2, 0.25) is 0 Å². The highest BCUT2D eigenvalue weighted by atomic mass is 32.1. The van der Waals surface area contributed by atoms with Crippen LogP contribution in [0.1, 0.15) is 24.3 Å². The van der Waals surface area contributed by atoms with Crippen LogP contribution in [0, 0.1) is 11.8 Å². The van der Waals surface area contributed by atoms with Gasteiger partial charge in [0, 0.05) is 13.1 Å². The predicted octanol–water partition coefficient (Wildman–Crippen LogP) is 2.79. The summed E-state index contributed by atoms with van der Waals surface area (Å²) in [5.74, 6) is 1.29. The van der Waals surface area contributed by atoms with E-state index in [9.17, 15) is 13.2 Å². The third-order valence-electron chi connectivity index (χ3n) is 3.65. The molecule has 1 aromatic heterocycles. The Hall–Kier alpha value is -0.850. The minimum Gasteiger partial charge on any atom is -0.346 e. The van der Waals surface area contributed by atoms with Gasteiger partial charge in [-0.1, -0.05) is 17.8 Å². The molecule has 2 atom stereocenters. The number of anilines is 1. The molecule has 94 valence electrons. The summed E-state index contributed by atoms with van der Waals surface area (Å²) in [6, 6.07) is 0. The molecular formula is C10H12F3N3S. The molecule has 0 radical (unpaired) electrons. The quantitative estimate of drug-likeness (QED) is 0.780. The molecule has 3 rings (SSSR count). The number of rotatable bonds is 1. The van der Waals surface area contributed by atoms with Gasteiger partial charge in [0.25, 0.3) is 0 Å². The van der Waals surface area contributed by atoms with E-state index in [-0.39, 0.29) is 0 Å². The average Bonchev–Trinajstić information content (AvgIpc) is 2.90. The number of aromatic nitrogens is 2. The van der Waals surface area contributed by atoms with Gasteiger partial charge in [-0.25, -0.2) is 0 Å². The van der Waals surface area contributed by atoms with Crippen molar-refractivity contribution >= 4 is 16.5 Å². The maximum absolute atomic E-state index is 12.4. The fourth-order valence-corrected chi connectivity index (χ4v) is 3.58. The maximum Gasteiger partial charge on any atom is 0.445 e. The highest BCUT2D eigenvalue weighted by Gasteiger charge is 2.40. The first-order valence-corrected chi connectivity index (χ1v) is 6.51.